The van der Waals surface area contributed by atoms with Gasteiger partial charge in [0.15, 0.2) is 0 Å². The van der Waals surface area contributed by atoms with E-state index in [1.807, 2.05) is 19.1 Å². The van der Waals surface area contributed by atoms with Gasteiger partial charge in [0, 0.05) is 6.42 Å². The summed E-state index contributed by atoms with van der Waals surface area (Å²) in [6, 6.07) is 14.5. The van der Waals surface area contributed by atoms with Crippen molar-refractivity contribution in [3.8, 4) is 0 Å². The zero-order valence-electron chi connectivity index (χ0n) is 24.8. The molecule has 0 heterocycles. The molecule has 2 rings (SSSR count). The van der Waals surface area contributed by atoms with E-state index in [1.165, 1.54) is 0 Å². The molecular weight excluding hydrogens is 540 g/mol. The van der Waals surface area contributed by atoms with Crippen LogP contribution in [0.1, 0.15) is 58.6 Å². The van der Waals surface area contributed by atoms with Gasteiger partial charge in [-0.25, -0.2) is 4.79 Å². The Hall–Kier alpha value is -4.41. The third-order valence-electron chi connectivity index (χ3n) is 6.36. The van der Waals surface area contributed by atoms with E-state index >= 15 is 0 Å². The monoisotopic (exact) mass is 582 g/mol. The lowest BCUT2D eigenvalue weighted by molar-refractivity contribution is -0.147. The second kappa shape index (κ2) is 16.1. The molecule has 0 saturated heterocycles. The minimum absolute atomic E-state index is 0.0196. The van der Waals surface area contributed by atoms with Crippen LogP contribution in [0.5, 0.6) is 0 Å². The second-order valence-corrected chi connectivity index (χ2v) is 11.1. The van der Waals surface area contributed by atoms with Crippen LogP contribution in [0.15, 0.2) is 60.7 Å². The molecule has 0 aliphatic heterocycles. The van der Waals surface area contributed by atoms with Crippen LogP contribution < -0.4 is 21.7 Å². The van der Waals surface area contributed by atoms with Crippen LogP contribution >= 0.6 is 0 Å². The fourth-order valence-corrected chi connectivity index (χ4v) is 3.91. The number of carbonyl (C=O) groups is 5. The molecule has 42 heavy (non-hydrogen) atoms. The zero-order chi connectivity index (χ0) is 31.3. The third kappa shape index (κ3) is 12.0. The first kappa shape index (κ1) is 33.8. The van der Waals surface area contributed by atoms with Gasteiger partial charge in [0.2, 0.25) is 17.7 Å². The van der Waals surface area contributed by atoms with Gasteiger partial charge in [-0.2, -0.15) is 0 Å². The van der Waals surface area contributed by atoms with Crippen molar-refractivity contribution in [1.82, 2.24) is 16.0 Å². The maximum Gasteiger partial charge on any atom is 0.408 e. The Bertz CT molecular complexity index is 1200. The molecule has 4 amide bonds. The average molecular weight is 583 g/mol. The Kier molecular flexibility index (Phi) is 13.0. The number of nitrogens with two attached hydrogens (primary N) is 1. The van der Waals surface area contributed by atoms with Crippen molar-refractivity contribution in [3.63, 3.8) is 0 Å². The number of benzene rings is 2. The van der Waals surface area contributed by atoms with Gasteiger partial charge in [0.1, 0.15) is 30.3 Å². The van der Waals surface area contributed by atoms with E-state index in [-0.39, 0.29) is 18.9 Å². The molecule has 5 N–H and O–H groups in total. The van der Waals surface area contributed by atoms with Crippen molar-refractivity contribution >= 4 is 29.8 Å². The Balaban J connectivity index is 2.19. The van der Waals surface area contributed by atoms with E-state index in [1.54, 1.807) is 76.2 Å². The number of ether oxygens (including phenoxy) is 2. The van der Waals surface area contributed by atoms with Gasteiger partial charge in [-0.15, -0.1) is 0 Å². The number of rotatable bonds is 14. The van der Waals surface area contributed by atoms with Crippen molar-refractivity contribution in [2.75, 3.05) is 0 Å². The summed E-state index contributed by atoms with van der Waals surface area (Å²) in [6.07, 6.45) is -0.759. The first-order valence-electron chi connectivity index (χ1n) is 13.9. The Labute approximate surface area is 246 Å². The van der Waals surface area contributed by atoms with Crippen molar-refractivity contribution < 1.29 is 33.4 Å². The number of carbonyl (C=O) groups excluding carboxylic acids is 5. The molecule has 0 spiro atoms. The minimum Gasteiger partial charge on any atom is -0.461 e. The van der Waals surface area contributed by atoms with Crippen LogP contribution in [0.2, 0.25) is 0 Å². The van der Waals surface area contributed by atoms with Crippen molar-refractivity contribution in [2.24, 2.45) is 11.7 Å². The summed E-state index contributed by atoms with van der Waals surface area (Å²) in [6.45, 7) is 8.54. The molecule has 0 bridgehead atoms. The summed E-state index contributed by atoms with van der Waals surface area (Å²) in [4.78, 5) is 64.2. The highest BCUT2D eigenvalue weighted by molar-refractivity contribution is 5.95. The summed E-state index contributed by atoms with van der Waals surface area (Å²) in [5, 5.41) is 7.70. The number of nitrogens with one attached hydrogen (secondary N) is 3. The minimum atomic E-state index is -1.40. The average Bonchev–Trinajstić information content (AvgIpc) is 2.93. The first-order valence-corrected chi connectivity index (χ1v) is 13.9. The van der Waals surface area contributed by atoms with E-state index in [0.29, 0.717) is 6.42 Å². The third-order valence-corrected chi connectivity index (χ3v) is 6.36. The fourth-order valence-electron chi connectivity index (χ4n) is 3.91. The normalized spacial score (nSPS) is 13.9. The molecule has 4 atom stereocenters. The molecule has 0 radical (unpaired) electrons. The van der Waals surface area contributed by atoms with E-state index in [0.717, 1.165) is 11.1 Å². The standard InChI is InChI=1S/C31H42N4O7/c1-6-20(2)26(29(39)33-23(27(32)37)17-21-13-9-7-10-14-21)35-28(38)24(34-30(40)42-31(3,4)5)18-25(36)41-19-22-15-11-8-12-16-22/h7-16,20,23-24,26H,6,17-19H2,1-5H3,(H2,32,37)(H,33,39)(H,34,40)(H,35,38)/t20-,23+,24-,26-/m0/s1. The molecular formula is C31H42N4O7. The molecule has 2 aromatic rings. The second-order valence-electron chi connectivity index (χ2n) is 11.1. The predicted molar refractivity (Wildman–Crippen MR) is 157 cm³/mol. The van der Waals surface area contributed by atoms with Gasteiger partial charge >= 0.3 is 12.1 Å². The summed E-state index contributed by atoms with van der Waals surface area (Å²) in [7, 11) is 0. The largest absolute Gasteiger partial charge is 0.461 e. The van der Waals surface area contributed by atoms with Crippen molar-refractivity contribution in [2.45, 2.75) is 84.2 Å². The summed E-state index contributed by atoms with van der Waals surface area (Å²) in [5.74, 6) is -3.26. The fraction of sp³-hybridized carbons (Fsp3) is 0.452. The lowest BCUT2D eigenvalue weighted by Crippen LogP contribution is -2.59. The molecule has 228 valence electrons. The highest BCUT2D eigenvalue weighted by atomic mass is 16.6. The van der Waals surface area contributed by atoms with Crippen molar-refractivity contribution in [3.05, 3.63) is 71.8 Å². The van der Waals surface area contributed by atoms with E-state index < -0.39 is 59.9 Å². The highest BCUT2D eigenvalue weighted by Crippen LogP contribution is 2.12. The van der Waals surface area contributed by atoms with Crippen molar-refractivity contribution in [1.29, 1.82) is 0 Å². The molecule has 0 saturated carbocycles. The molecule has 0 aromatic heterocycles. The van der Waals surface area contributed by atoms with Gasteiger partial charge in [0.05, 0.1) is 6.42 Å². The topological polar surface area (TPSA) is 166 Å². The van der Waals surface area contributed by atoms with Crippen LogP contribution in [0.3, 0.4) is 0 Å². The Morgan fingerprint density at radius 2 is 1.38 bits per heavy atom. The van der Waals surface area contributed by atoms with Crippen LogP contribution in [-0.2, 0) is 41.7 Å². The quantitative estimate of drug-likeness (QED) is 0.249. The van der Waals surface area contributed by atoms with Gasteiger partial charge in [0.25, 0.3) is 0 Å². The maximum absolute atomic E-state index is 13.4. The van der Waals surface area contributed by atoms with E-state index in [2.05, 4.69) is 16.0 Å². The highest BCUT2D eigenvalue weighted by Gasteiger charge is 2.34. The number of hydrogen-bond acceptors (Lipinski definition) is 7. The number of primary amides is 1. The Morgan fingerprint density at radius 1 is 0.810 bits per heavy atom. The van der Waals surface area contributed by atoms with Crippen LogP contribution in [0, 0.1) is 5.92 Å². The summed E-state index contributed by atoms with van der Waals surface area (Å²) in [5.41, 5.74) is 6.25. The molecule has 11 heteroatoms. The molecule has 0 unspecified atom stereocenters. The Morgan fingerprint density at radius 3 is 1.90 bits per heavy atom. The predicted octanol–water partition coefficient (Wildman–Crippen LogP) is 2.76. The van der Waals surface area contributed by atoms with Gasteiger partial charge in [-0.05, 0) is 37.8 Å². The summed E-state index contributed by atoms with van der Waals surface area (Å²) < 4.78 is 10.6. The molecule has 2 aromatic carbocycles. The van der Waals surface area contributed by atoms with Crippen LogP contribution in [0.4, 0.5) is 4.79 Å². The van der Waals surface area contributed by atoms with Crippen LogP contribution in [0.25, 0.3) is 0 Å². The van der Waals surface area contributed by atoms with Crippen LogP contribution in [-0.4, -0.2) is 53.5 Å². The SMILES string of the molecule is CC[C@H](C)[C@H](NC(=O)[C@H](CC(=O)OCc1ccccc1)NC(=O)OC(C)(C)C)C(=O)N[C@H](Cc1ccccc1)C(N)=O. The van der Waals surface area contributed by atoms with Gasteiger partial charge < -0.3 is 31.2 Å². The smallest absolute Gasteiger partial charge is 0.408 e. The molecule has 0 fully saturated rings. The maximum atomic E-state index is 13.4. The van der Waals surface area contributed by atoms with Gasteiger partial charge in [-0.1, -0.05) is 80.9 Å². The number of esters is 1. The van der Waals surface area contributed by atoms with E-state index in [4.69, 9.17) is 15.2 Å². The molecule has 11 nitrogen and oxygen atoms in total. The lowest BCUT2D eigenvalue weighted by Gasteiger charge is -2.28. The first-order chi connectivity index (χ1) is 19.8. The number of alkyl carbamates (subject to hydrolysis) is 1. The summed E-state index contributed by atoms with van der Waals surface area (Å²) >= 11 is 0. The van der Waals surface area contributed by atoms with E-state index in [9.17, 15) is 24.0 Å². The van der Waals surface area contributed by atoms with Gasteiger partial charge in [-0.3, -0.25) is 19.2 Å². The number of amides is 4. The molecule has 0 aliphatic rings. The molecule has 0 aliphatic carbocycles. The zero-order valence-corrected chi connectivity index (χ0v) is 24.8. The number of hydrogen-bond donors (Lipinski definition) is 4. The lowest BCUT2D eigenvalue weighted by atomic mass is 9.96.